The first-order chi connectivity index (χ1) is 20.9. The van der Waals surface area contributed by atoms with E-state index in [9.17, 15) is 53.7 Å². The molecule has 19 heteroatoms. The molecule has 5 N–H and O–H groups in total. The Morgan fingerprint density at radius 1 is 0.804 bits per heavy atom. The van der Waals surface area contributed by atoms with E-state index >= 15 is 0 Å². The first kappa shape index (κ1) is 41.7. The number of aliphatic hydroxyl groups is 3. The van der Waals surface area contributed by atoms with Crippen LogP contribution in [-0.2, 0) is 43.0 Å². The molecule has 4 atom stereocenters. The van der Waals surface area contributed by atoms with Crippen LogP contribution in [-0.4, -0.2) is 106 Å². The maximum Gasteiger partial charge on any atom is 0.303 e. The number of Topliss-reactive ketones (excluding diaryl/α,β-unsaturated/α-hetero) is 3. The summed E-state index contributed by atoms with van der Waals surface area (Å²) in [7, 11) is 2.69. The summed E-state index contributed by atoms with van der Waals surface area (Å²) in [6.07, 6.45) is -2.44. The van der Waals surface area contributed by atoms with Gasteiger partial charge in [-0.15, -0.1) is 0 Å². The summed E-state index contributed by atoms with van der Waals surface area (Å²) in [5.41, 5.74) is -12.1. The fourth-order valence-electron chi connectivity index (χ4n) is 4.47. The summed E-state index contributed by atoms with van der Waals surface area (Å²) in [4.78, 5) is 103. The molecular formula is C27H32I3N3O13. The fraction of sp³-hybridized carbons (Fsp3) is 0.481. The lowest BCUT2D eigenvalue weighted by Gasteiger charge is -2.49. The zero-order valence-electron chi connectivity index (χ0n) is 25.8. The molecule has 254 valence electrons. The molecule has 16 nitrogen and oxygen atoms in total. The predicted molar refractivity (Wildman–Crippen MR) is 185 cm³/mol. The van der Waals surface area contributed by atoms with Gasteiger partial charge in [0.05, 0.1) is 27.6 Å². The molecular weight excluding hydrogens is 955 g/mol. The second-order valence-corrected chi connectivity index (χ2v) is 13.1. The highest BCUT2D eigenvalue weighted by atomic mass is 127. The Bertz CT molecular complexity index is 1520. The number of carbonyl (C=O) groups is 8. The molecule has 3 amide bonds. The Morgan fingerprint density at radius 3 is 1.70 bits per heavy atom. The third-order valence-electron chi connectivity index (χ3n) is 6.97. The standard InChI is InChI=1S/C27H32I3N3O13/c1-10(34)25(42,16(46-15(6)39)9-45-14(5)38)27(44,12(3)36)26(43,11(2)35)24(41)32-21-18(28)17(23(40)31-7)19(29)22(20(21)30)33(8)13(4)37/h16,42-44H,9H2,1-8H3,(H,31,40)(H,32,41)/t16-,25-,26+,27+/m1/s1. The van der Waals surface area contributed by atoms with Gasteiger partial charge in [0.25, 0.3) is 11.8 Å². The highest BCUT2D eigenvalue weighted by molar-refractivity contribution is 14.1. The Hall–Kier alpha value is -2.35. The second-order valence-electron chi connectivity index (χ2n) is 9.91. The summed E-state index contributed by atoms with van der Waals surface area (Å²) in [5.74, 6) is -10.2. The number of rotatable bonds is 13. The maximum absolute atomic E-state index is 14.1. The van der Waals surface area contributed by atoms with Crippen LogP contribution in [0.15, 0.2) is 0 Å². The van der Waals surface area contributed by atoms with Crippen molar-refractivity contribution < 1.29 is 63.1 Å². The van der Waals surface area contributed by atoms with Crippen LogP contribution in [0.2, 0.25) is 0 Å². The predicted octanol–water partition coefficient (Wildman–Crippen LogP) is 0.236. The van der Waals surface area contributed by atoms with Crippen LogP contribution in [0.4, 0.5) is 11.4 Å². The summed E-state index contributed by atoms with van der Waals surface area (Å²) in [6.45, 7) is 3.47. The summed E-state index contributed by atoms with van der Waals surface area (Å²) >= 11 is 5.20. The first-order valence-electron chi connectivity index (χ1n) is 12.9. The van der Waals surface area contributed by atoms with Gasteiger partial charge in [0.1, 0.15) is 6.61 Å². The minimum atomic E-state index is -4.11. The number of carbonyl (C=O) groups excluding carboxylic acids is 8. The van der Waals surface area contributed by atoms with Crippen molar-refractivity contribution in [2.24, 2.45) is 0 Å². The van der Waals surface area contributed by atoms with E-state index in [4.69, 9.17) is 9.47 Å². The van der Waals surface area contributed by atoms with Gasteiger partial charge >= 0.3 is 11.9 Å². The van der Waals surface area contributed by atoms with Crippen LogP contribution in [0, 0.1) is 10.7 Å². The van der Waals surface area contributed by atoms with E-state index in [0.717, 1.165) is 18.7 Å². The van der Waals surface area contributed by atoms with Crippen molar-refractivity contribution in [2.75, 3.05) is 30.9 Å². The molecule has 0 bridgehead atoms. The van der Waals surface area contributed by atoms with Crippen LogP contribution in [0.1, 0.15) is 51.9 Å². The number of benzene rings is 1. The summed E-state index contributed by atoms with van der Waals surface area (Å²) in [6, 6.07) is 0. The normalized spacial score (nSPS) is 15.5. The molecule has 0 aromatic heterocycles. The number of esters is 2. The van der Waals surface area contributed by atoms with Crippen molar-refractivity contribution in [3.63, 3.8) is 0 Å². The van der Waals surface area contributed by atoms with Gasteiger partial charge in [0.15, 0.2) is 23.5 Å². The van der Waals surface area contributed by atoms with Crippen molar-refractivity contribution in [1.29, 1.82) is 0 Å². The average molecular weight is 987 g/mol. The highest BCUT2D eigenvalue weighted by Gasteiger charge is 2.75. The van der Waals surface area contributed by atoms with Crippen LogP contribution in [0.5, 0.6) is 0 Å². The number of nitrogens with one attached hydrogen (secondary N) is 2. The number of ether oxygens (including phenoxy) is 2. The van der Waals surface area contributed by atoms with E-state index in [-0.39, 0.29) is 27.6 Å². The van der Waals surface area contributed by atoms with E-state index in [2.05, 4.69) is 10.6 Å². The fourth-order valence-corrected chi connectivity index (χ4v) is 9.12. The van der Waals surface area contributed by atoms with Gasteiger partial charge in [0, 0.05) is 34.9 Å². The lowest BCUT2D eigenvalue weighted by atomic mass is 9.62. The molecule has 1 rings (SSSR count). The summed E-state index contributed by atoms with van der Waals surface area (Å²) in [5, 5.41) is 40.2. The van der Waals surface area contributed by atoms with E-state index in [0.29, 0.717) is 20.8 Å². The van der Waals surface area contributed by atoms with Crippen LogP contribution in [0.3, 0.4) is 0 Å². The molecule has 1 aromatic rings. The zero-order valence-corrected chi connectivity index (χ0v) is 32.3. The Balaban J connectivity index is 4.27. The third-order valence-corrected chi connectivity index (χ3v) is 10.1. The number of anilines is 2. The van der Waals surface area contributed by atoms with Crippen molar-refractivity contribution in [3.8, 4) is 0 Å². The Labute approximate surface area is 304 Å². The Morgan fingerprint density at radius 2 is 1.33 bits per heavy atom. The van der Waals surface area contributed by atoms with E-state index in [1.165, 1.54) is 21.0 Å². The minimum Gasteiger partial charge on any atom is -0.462 e. The van der Waals surface area contributed by atoms with E-state index in [1.807, 2.05) is 22.6 Å². The van der Waals surface area contributed by atoms with Gasteiger partial charge in [-0.3, -0.25) is 38.4 Å². The molecule has 0 aliphatic heterocycles. The van der Waals surface area contributed by atoms with Crippen molar-refractivity contribution in [2.45, 2.75) is 64.4 Å². The van der Waals surface area contributed by atoms with E-state index < -0.39 is 76.5 Å². The molecule has 46 heavy (non-hydrogen) atoms. The van der Waals surface area contributed by atoms with Crippen LogP contribution >= 0.6 is 67.8 Å². The number of halogens is 3. The van der Waals surface area contributed by atoms with Crippen molar-refractivity contribution in [1.82, 2.24) is 5.32 Å². The maximum atomic E-state index is 14.1. The van der Waals surface area contributed by atoms with Gasteiger partial charge in [-0.1, -0.05) is 0 Å². The lowest BCUT2D eigenvalue weighted by Crippen LogP contribution is -2.82. The number of amides is 3. The van der Waals surface area contributed by atoms with Gasteiger partial charge in [-0.2, -0.15) is 0 Å². The molecule has 0 heterocycles. The molecule has 0 saturated carbocycles. The SMILES string of the molecule is CNC(=O)c1c(I)c(NC(=O)[C@@](O)(C(C)=O)[C@](O)(C(C)=O)[C@@](O)(C(C)=O)[C@@H](COC(C)=O)OC(C)=O)c(I)c(N(C)C(C)=O)c1I. The average Bonchev–Trinajstić information content (AvgIpc) is 2.94. The number of hydrogen-bond donors (Lipinski definition) is 5. The van der Waals surface area contributed by atoms with Crippen LogP contribution in [0.25, 0.3) is 0 Å². The molecule has 0 aliphatic carbocycles. The topological polar surface area (TPSA) is 243 Å². The first-order valence-corrected chi connectivity index (χ1v) is 16.1. The zero-order chi connectivity index (χ0) is 36.3. The molecule has 0 unspecified atom stereocenters. The lowest BCUT2D eigenvalue weighted by molar-refractivity contribution is -0.250. The van der Waals surface area contributed by atoms with E-state index in [1.54, 1.807) is 45.2 Å². The Kier molecular flexibility index (Phi) is 14.2. The smallest absolute Gasteiger partial charge is 0.303 e. The van der Waals surface area contributed by atoms with Gasteiger partial charge in [0.2, 0.25) is 22.7 Å². The van der Waals surface area contributed by atoms with Gasteiger partial charge in [-0.05, 0) is 88.5 Å². The molecule has 0 saturated heterocycles. The second kappa shape index (κ2) is 15.7. The number of nitrogens with zero attached hydrogens (tertiary/aromatic N) is 1. The highest BCUT2D eigenvalue weighted by Crippen LogP contribution is 2.44. The largest absolute Gasteiger partial charge is 0.462 e. The molecule has 0 spiro atoms. The molecule has 0 fully saturated rings. The van der Waals surface area contributed by atoms with Crippen LogP contribution < -0.4 is 15.5 Å². The number of hydrogen-bond acceptors (Lipinski definition) is 13. The summed E-state index contributed by atoms with van der Waals surface area (Å²) < 4.78 is 10.1. The molecule has 1 aromatic carbocycles. The van der Waals surface area contributed by atoms with Gasteiger partial charge < -0.3 is 40.3 Å². The van der Waals surface area contributed by atoms with Crippen molar-refractivity contribution in [3.05, 3.63) is 16.3 Å². The minimum absolute atomic E-state index is 0.0200. The quantitative estimate of drug-likeness (QED) is 0.101. The van der Waals surface area contributed by atoms with Crippen molar-refractivity contribution >= 4 is 126 Å². The number of ketones is 3. The monoisotopic (exact) mass is 987 g/mol. The molecule has 0 radical (unpaired) electrons. The third kappa shape index (κ3) is 7.37. The van der Waals surface area contributed by atoms with Gasteiger partial charge in [-0.25, -0.2) is 0 Å². The molecule has 0 aliphatic rings.